The fourth-order valence-electron chi connectivity index (χ4n) is 1.81. The Hall–Kier alpha value is -1.81. The Labute approximate surface area is 101 Å². The van der Waals surface area contributed by atoms with Crippen molar-refractivity contribution in [1.82, 2.24) is 9.78 Å². The number of hydrogen-bond donors (Lipinski definition) is 1. The Morgan fingerprint density at radius 3 is 2.71 bits per heavy atom. The van der Waals surface area contributed by atoms with Crippen molar-refractivity contribution in [1.29, 1.82) is 0 Å². The van der Waals surface area contributed by atoms with Gasteiger partial charge in [0.05, 0.1) is 19.0 Å². The van der Waals surface area contributed by atoms with Crippen molar-refractivity contribution in [3.8, 4) is 11.6 Å². The first-order valence-electron chi connectivity index (χ1n) is 5.73. The number of nitrogens with zero attached hydrogens (tertiary/aromatic N) is 2. The molecule has 0 fully saturated rings. The Morgan fingerprint density at radius 1 is 1.29 bits per heavy atom. The number of aromatic nitrogens is 2. The summed E-state index contributed by atoms with van der Waals surface area (Å²) in [6.07, 6.45) is 3.69. The van der Waals surface area contributed by atoms with E-state index in [1.165, 1.54) is 0 Å². The zero-order valence-electron chi connectivity index (χ0n) is 9.97. The predicted molar refractivity (Wildman–Crippen MR) is 67.5 cm³/mol. The van der Waals surface area contributed by atoms with Crippen LogP contribution in [0.1, 0.15) is 12.0 Å². The number of para-hydroxylation sites is 1. The van der Waals surface area contributed by atoms with Gasteiger partial charge in [-0.2, -0.15) is 5.10 Å². The van der Waals surface area contributed by atoms with Crippen molar-refractivity contribution in [2.75, 3.05) is 13.7 Å². The van der Waals surface area contributed by atoms with Gasteiger partial charge in [-0.25, -0.2) is 4.68 Å². The topological polar surface area (TPSA) is 53.1 Å². The predicted octanol–water partition coefficient (Wildman–Crippen LogP) is 1.77. The molecule has 0 radical (unpaired) electrons. The molecule has 2 N–H and O–H groups in total. The summed E-state index contributed by atoms with van der Waals surface area (Å²) in [5, 5.41) is 4.36. The smallest absolute Gasteiger partial charge is 0.219 e. The maximum Gasteiger partial charge on any atom is 0.219 e. The van der Waals surface area contributed by atoms with Gasteiger partial charge in [-0.15, -0.1) is 0 Å². The van der Waals surface area contributed by atoms with Crippen LogP contribution in [0, 0.1) is 0 Å². The molecule has 17 heavy (non-hydrogen) atoms. The van der Waals surface area contributed by atoms with Gasteiger partial charge in [-0.1, -0.05) is 18.2 Å². The Balaban J connectivity index is 2.32. The minimum absolute atomic E-state index is 0.680. The number of ether oxygens (including phenoxy) is 1. The van der Waals surface area contributed by atoms with Crippen LogP contribution in [0.2, 0.25) is 0 Å². The molecule has 0 spiro atoms. The molecular formula is C13H17N3O. The van der Waals surface area contributed by atoms with Gasteiger partial charge in [0.1, 0.15) is 0 Å². The maximum absolute atomic E-state index is 5.52. The summed E-state index contributed by atoms with van der Waals surface area (Å²) in [6, 6.07) is 9.95. The molecule has 4 nitrogen and oxygen atoms in total. The Bertz CT molecular complexity index is 465. The molecule has 0 unspecified atom stereocenters. The SMILES string of the molecule is COc1c(CCCN)cnn1-c1ccccc1. The Morgan fingerprint density at radius 2 is 2.06 bits per heavy atom. The lowest BCUT2D eigenvalue weighted by Gasteiger charge is -2.07. The van der Waals surface area contributed by atoms with Gasteiger partial charge in [0.15, 0.2) is 0 Å². The summed E-state index contributed by atoms with van der Waals surface area (Å²) < 4.78 is 7.24. The molecule has 90 valence electrons. The van der Waals surface area contributed by atoms with Crippen molar-refractivity contribution in [3.63, 3.8) is 0 Å². The lowest BCUT2D eigenvalue weighted by atomic mass is 10.2. The number of hydrogen-bond acceptors (Lipinski definition) is 3. The summed E-state index contributed by atoms with van der Waals surface area (Å²) in [4.78, 5) is 0. The van der Waals surface area contributed by atoms with Crippen LogP contribution < -0.4 is 10.5 Å². The molecule has 1 aromatic carbocycles. The monoisotopic (exact) mass is 231 g/mol. The molecule has 0 saturated carbocycles. The number of rotatable bonds is 5. The molecular weight excluding hydrogens is 214 g/mol. The summed E-state index contributed by atoms with van der Waals surface area (Å²) >= 11 is 0. The highest BCUT2D eigenvalue weighted by molar-refractivity contribution is 5.38. The second-order valence-electron chi connectivity index (χ2n) is 3.82. The normalized spacial score (nSPS) is 10.5. The maximum atomic E-state index is 5.52. The van der Waals surface area contributed by atoms with Gasteiger partial charge in [-0.3, -0.25) is 0 Å². The van der Waals surface area contributed by atoms with Gasteiger partial charge >= 0.3 is 0 Å². The van der Waals surface area contributed by atoms with E-state index in [0.717, 1.165) is 30.0 Å². The molecule has 0 aliphatic carbocycles. The highest BCUT2D eigenvalue weighted by Crippen LogP contribution is 2.23. The third kappa shape index (κ3) is 2.47. The van der Waals surface area contributed by atoms with E-state index in [0.29, 0.717) is 6.54 Å². The fourth-order valence-corrected chi connectivity index (χ4v) is 1.81. The zero-order valence-corrected chi connectivity index (χ0v) is 9.97. The molecule has 0 amide bonds. The number of benzene rings is 1. The number of methoxy groups -OCH3 is 1. The zero-order chi connectivity index (χ0) is 12.1. The lowest BCUT2D eigenvalue weighted by Crippen LogP contribution is -2.03. The third-order valence-electron chi connectivity index (χ3n) is 2.64. The molecule has 0 aliphatic heterocycles. The van der Waals surface area contributed by atoms with E-state index in [4.69, 9.17) is 10.5 Å². The average Bonchev–Trinajstić information content (AvgIpc) is 2.80. The van der Waals surface area contributed by atoms with Crippen LogP contribution in [0.3, 0.4) is 0 Å². The van der Waals surface area contributed by atoms with E-state index in [2.05, 4.69) is 5.10 Å². The second-order valence-corrected chi connectivity index (χ2v) is 3.82. The molecule has 0 saturated heterocycles. The van der Waals surface area contributed by atoms with Crippen molar-refractivity contribution in [3.05, 3.63) is 42.1 Å². The first-order chi connectivity index (χ1) is 8.36. The summed E-state index contributed by atoms with van der Waals surface area (Å²) in [5.41, 5.74) is 7.62. The van der Waals surface area contributed by atoms with E-state index >= 15 is 0 Å². The first-order valence-corrected chi connectivity index (χ1v) is 5.73. The van der Waals surface area contributed by atoms with Crippen LogP contribution in [-0.4, -0.2) is 23.4 Å². The van der Waals surface area contributed by atoms with Crippen LogP contribution >= 0.6 is 0 Å². The summed E-state index contributed by atoms with van der Waals surface area (Å²) in [7, 11) is 1.67. The lowest BCUT2D eigenvalue weighted by molar-refractivity contribution is 0.379. The van der Waals surface area contributed by atoms with Gasteiger partial charge in [0, 0.05) is 5.56 Å². The van der Waals surface area contributed by atoms with Crippen LogP contribution in [0.25, 0.3) is 5.69 Å². The van der Waals surface area contributed by atoms with E-state index in [1.54, 1.807) is 7.11 Å². The fraction of sp³-hybridized carbons (Fsp3) is 0.308. The van der Waals surface area contributed by atoms with E-state index < -0.39 is 0 Å². The molecule has 2 rings (SSSR count). The van der Waals surface area contributed by atoms with E-state index in [1.807, 2.05) is 41.2 Å². The Kier molecular flexibility index (Phi) is 3.77. The molecule has 0 bridgehead atoms. The van der Waals surface area contributed by atoms with Crippen molar-refractivity contribution in [2.24, 2.45) is 5.73 Å². The molecule has 1 aromatic heterocycles. The van der Waals surface area contributed by atoms with E-state index in [9.17, 15) is 0 Å². The molecule has 0 atom stereocenters. The molecule has 1 heterocycles. The third-order valence-corrected chi connectivity index (χ3v) is 2.64. The summed E-state index contributed by atoms with van der Waals surface area (Å²) in [6.45, 7) is 0.680. The number of aryl methyl sites for hydroxylation is 1. The summed E-state index contributed by atoms with van der Waals surface area (Å²) in [5.74, 6) is 0.796. The average molecular weight is 231 g/mol. The quantitative estimate of drug-likeness (QED) is 0.853. The number of nitrogens with two attached hydrogens (primary N) is 1. The van der Waals surface area contributed by atoms with Crippen molar-refractivity contribution in [2.45, 2.75) is 12.8 Å². The molecule has 0 aliphatic rings. The van der Waals surface area contributed by atoms with Crippen LogP contribution in [0.15, 0.2) is 36.5 Å². The van der Waals surface area contributed by atoms with Gasteiger partial charge < -0.3 is 10.5 Å². The standard InChI is InChI=1S/C13H17N3O/c1-17-13-11(6-5-9-14)10-15-16(13)12-7-3-2-4-8-12/h2-4,7-8,10H,5-6,9,14H2,1H3. The van der Waals surface area contributed by atoms with Gasteiger partial charge in [-0.05, 0) is 31.5 Å². The van der Waals surface area contributed by atoms with Crippen molar-refractivity contribution >= 4 is 0 Å². The first kappa shape index (κ1) is 11.7. The van der Waals surface area contributed by atoms with E-state index in [-0.39, 0.29) is 0 Å². The highest BCUT2D eigenvalue weighted by Gasteiger charge is 2.11. The minimum atomic E-state index is 0.680. The second kappa shape index (κ2) is 5.50. The van der Waals surface area contributed by atoms with Crippen LogP contribution in [-0.2, 0) is 6.42 Å². The molecule has 2 aromatic rings. The van der Waals surface area contributed by atoms with Gasteiger partial charge in [0.2, 0.25) is 5.88 Å². The minimum Gasteiger partial charge on any atom is -0.481 e. The van der Waals surface area contributed by atoms with Gasteiger partial charge in [0.25, 0.3) is 0 Å². The van der Waals surface area contributed by atoms with Crippen molar-refractivity contribution < 1.29 is 4.74 Å². The largest absolute Gasteiger partial charge is 0.481 e. The van der Waals surface area contributed by atoms with Crippen LogP contribution in [0.4, 0.5) is 0 Å². The molecule has 4 heteroatoms. The highest BCUT2D eigenvalue weighted by atomic mass is 16.5. The van der Waals surface area contributed by atoms with Crippen LogP contribution in [0.5, 0.6) is 5.88 Å².